The number of nitriles is 1. The normalized spacial score (nSPS) is 47.0. The Labute approximate surface area is 132 Å². The molecule has 4 rings (SSSR count). The lowest BCUT2D eigenvalue weighted by Gasteiger charge is -2.51. The molecule has 0 aliphatic heterocycles. The number of ketones is 1. The first-order chi connectivity index (χ1) is 10.7. The smallest absolute Gasteiger partial charge is 0.155 e. The third-order valence-electron chi connectivity index (χ3n) is 7.20. The summed E-state index contributed by atoms with van der Waals surface area (Å²) in [5, 5.41) is 19.2. The molecule has 0 amide bonds. The van der Waals surface area contributed by atoms with Crippen LogP contribution in [0.1, 0.15) is 44.9 Å². The number of nitrogens with zero attached hydrogens (tertiary/aromatic N) is 1. The van der Waals surface area contributed by atoms with E-state index in [-0.39, 0.29) is 24.2 Å². The third kappa shape index (κ3) is 2.07. The number of rotatable bonds is 1. The third-order valence-corrected chi connectivity index (χ3v) is 7.20. The molecule has 118 valence electrons. The molecule has 3 saturated carbocycles. The summed E-state index contributed by atoms with van der Waals surface area (Å²) in [4.78, 5) is 11.8. The summed E-state index contributed by atoms with van der Waals surface area (Å²) in [5.74, 6) is 3.89. The number of hydrogen-bond acceptors (Lipinski definition) is 3. The number of aliphatic hydroxyl groups excluding tert-OH is 1. The molecule has 0 saturated heterocycles. The van der Waals surface area contributed by atoms with Crippen LogP contribution in [0.25, 0.3) is 0 Å². The van der Waals surface area contributed by atoms with Crippen LogP contribution in [0, 0.1) is 52.8 Å². The molecular formula is C19H25NO2. The van der Waals surface area contributed by atoms with Crippen molar-refractivity contribution in [2.45, 2.75) is 44.9 Å². The summed E-state index contributed by atoms with van der Waals surface area (Å²) in [6, 6.07) is 2.54. The zero-order chi connectivity index (χ0) is 15.3. The second-order valence-corrected chi connectivity index (χ2v) is 7.92. The van der Waals surface area contributed by atoms with Crippen LogP contribution in [0.5, 0.6) is 0 Å². The fourth-order valence-electron chi connectivity index (χ4n) is 6.33. The maximum atomic E-state index is 11.8. The van der Waals surface area contributed by atoms with Gasteiger partial charge in [0.1, 0.15) is 0 Å². The molecule has 0 bridgehead atoms. The van der Waals surface area contributed by atoms with Crippen LogP contribution in [0.2, 0.25) is 0 Å². The van der Waals surface area contributed by atoms with Gasteiger partial charge in [-0.1, -0.05) is 5.57 Å². The highest BCUT2D eigenvalue weighted by Crippen LogP contribution is 2.59. The van der Waals surface area contributed by atoms with Gasteiger partial charge in [-0.05, 0) is 74.2 Å². The Kier molecular flexibility index (Phi) is 3.61. The van der Waals surface area contributed by atoms with Crippen LogP contribution in [-0.2, 0) is 4.79 Å². The van der Waals surface area contributed by atoms with E-state index in [1.165, 1.54) is 24.8 Å². The maximum absolute atomic E-state index is 11.8. The predicted molar refractivity (Wildman–Crippen MR) is 82.5 cm³/mol. The molecule has 3 nitrogen and oxygen atoms in total. The molecule has 0 heterocycles. The Hall–Kier alpha value is -1.14. The largest absolute Gasteiger partial charge is 0.396 e. The van der Waals surface area contributed by atoms with Gasteiger partial charge in [0.2, 0.25) is 0 Å². The Morgan fingerprint density at radius 3 is 2.64 bits per heavy atom. The van der Waals surface area contributed by atoms with Crippen molar-refractivity contribution in [3.05, 3.63) is 11.6 Å². The lowest BCUT2D eigenvalue weighted by atomic mass is 9.53. The van der Waals surface area contributed by atoms with Crippen molar-refractivity contribution in [2.75, 3.05) is 6.61 Å². The van der Waals surface area contributed by atoms with Gasteiger partial charge in [-0.25, -0.2) is 0 Å². The number of aliphatic hydroxyl groups is 1. The molecule has 0 aromatic heterocycles. The molecule has 4 aliphatic rings. The molecule has 1 N–H and O–H groups in total. The van der Waals surface area contributed by atoms with Crippen molar-refractivity contribution < 1.29 is 9.90 Å². The van der Waals surface area contributed by atoms with Crippen LogP contribution in [0.15, 0.2) is 11.6 Å². The first kappa shape index (κ1) is 14.5. The molecule has 3 heteroatoms. The van der Waals surface area contributed by atoms with E-state index in [0.717, 1.165) is 19.3 Å². The van der Waals surface area contributed by atoms with E-state index in [0.29, 0.717) is 36.0 Å². The highest BCUT2D eigenvalue weighted by atomic mass is 16.3. The Morgan fingerprint density at radius 1 is 1.09 bits per heavy atom. The van der Waals surface area contributed by atoms with Gasteiger partial charge < -0.3 is 5.11 Å². The molecule has 0 aromatic carbocycles. The predicted octanol–water partition coefficient (Wildman–Crippen LogP) is 3.10. The van der Waals surface area contributed by atoms with Crippen molar-refractivity contribution >= 4 is 5.78 Å². The second-order valence-electron chi connectivity index (χ2n) is 7.92. The molecule has 0 aromatic rings. The molecule has 7 atom stereocenters. The van der Waals surface area contributed by atoms with Crippen LogP contribution in [0.3, 0.4) is 0 Å². The van der Waals surface area contributed by atoms with Gasteiger partial charge >= 0.3 is 0 Å². The fourth-order valence-corrected chi connectivity index (χ4v) is 6.33. The van der Waals surface area contributed by atoms with E-state index in [1.807, 2.05) is 6.08 Å². The van der Waals surface area contributed by atoms with Crippen molar-refractivity contribution in [2.24, 2.45) is 41.4 Å². The van der Waals surface area contributed by atoms with Gasteiger partial charge in [0.05, 0.1) is 6.07 Å². The summed E-state index contributed by atoms with van der Waals surface area (Å²) in [6.45, 7) is 0.178. The van der Waals surface area contributed by atoms with Gasteiger partial charge in [-0.15, -0.1) is 0 Å². The van der Waals surface area contributed by atoms with Crippen LogP contribution < -0.4 is 0 Å². The average Bonchev–Trinajstić information content (AvgIpc) is 2.97. The average molecular weight is 299 g/mol. The molecule has 3 fully saturated rings. The first-order valence-electron chi connectivity index (χ1n) is 8.97. The quantitative estimate of drug-likeness (QED) is 0.809. The van der Waals surface area contributed by atoms with Crippen LogP contribution in [0.4, 0.5) is 0 Å². The topological polar surface area (TPSA) is 61.1 Å². The number of carbonyl (C=O) groups excluding carboxylic acids is 1. The SMILES string of the molecule is N#CC1CCC2C1CCC1C3CCC(=O)C=C3C(CO)CC12. The fraction of sp³-hybridized carbons (Fsp3) is 0.789. The summed E-state index contributed by atoms with van der Waals surface area (Å²) < 4.78 is 0. The molecule has 4 aliphatic carbocycles. The molecule has 22 heavy (non-hydrogen) atoms. The Morgan fingerprint density at radius 2 is 1.86 bits per heavy atom. The van der Waals surface area contributed by atoms with Gasteiger partial charge in [-0.2, -0.15) is 5.26 Å². The minimum Gasteiger partial charge on any atom is -0.396 e. The summed E-state index contributed by atoms with van der Waals surface area (Å²) in [5.41, 5.74) is 1.26. The first-order valence-corrected chi connectivity index (χ1v) is 8.97. The Bertz CT molecular complexity index is 546. The van der Waals surface area contributed by atoms with E-state index >= 15 is 0 Å². The highest BCUT2D eigenvalue weighted by molar-refractivity contribution is 5.91. The molecular weight excluding hydrogens is 274 g/mol. The Balaban J connectivity index is 1.64. The van der Waals surface area contributed by atoms with Crippen LogP contribution in [-0.4, -0.2) is 17.5 Å². The zero-order valence-electron chi connectivity index (χ0n) is 13.1. The standard InChI is InChI=1S/C19H25NO2/c20-9-11-1-3-15-14(11)5-6-17-16-4-2-13(22)8-18(16)12(10-21)7-19(15)17/h8,11-12,14-17,19,21H,1-7,10H2. The van der Waals surface area contributed by atoms with Crippen molar-refractivity contribution in [1.29, 1.82) is 5.26 Å². The monoisotopic (exact) mass is 299 g/mol. The van der Waals surface area contributed by atoms with Crippen molar-refractivity contribution in [3.63, 3.8) is 0 Å². The van der Waals surface area contributed by atoms with Gasteiger partial charge in [-0.3, -0.25) is 4.79 Å². The molecule has 0 spiro atoms. The molecule has 0 radical (unpaired) electrons. The van der Waals surface area contributed by atoms with Gasteiger partial charge in [0.25, 0.3) is 0 Å². The van der Waals surface area contributed by atoms with E-state index in [4.69, 9.17) is 0 Å². The molecule has 7 unspecified atom stereocenters. The van der Waals surface area contributed by atoms with E-state index in [9.17, 15) is 15.2 Å². The number of hydrogen-bond donors (Lipinski definition) is 1. The zero-order valence-corrected chi connectivity index (χ0v) is 13.1. The minimum absolute atomic E-state index is 0.178. The summed E-state index contributed by atoms with van der Waals surface area (Å²) in [6.07, 6.45) is 9.27. The lowest BCUT2D eigenvalue weighted by Crippen LogP contribution is -2.45. The van der Waals surface area contributed by atoms with E-state index in [1.54, 1.807) is 0 Å². The summed E-state index contributed by atoms with van der Waals surface area (Å²) >= 11 is 0. The van der Waals surface area contributed by atoms with Gasteiger partial charge in [0.15, 0.2) is 5.78 Å². The van der Waals surface area contributed by atoms with Crippen LogP contribution >= 0.6 is 0 Å². The number of fused-ring (bicyclic) bond motifs is 5. The van der Waals surface area contributed by atoms with Crippen molar-refractivity contribution in [1.82, 2.24) is 0 Å². The van der Waals surface area contributed by atoms with E-state index in [2.05, 4.69) is 6.07 Å². The lowest BCUT2D eigenvalue weighted by molar-refractivity contribution is -0.116. The number of carbonyl (C=O) groups is 1. The highest BCUT2D eigenvalue weighted by Gasteiger charge is 2.52. The minimum atomic E-state index is 0.178. The second kappa shape index (κ2) is 5.49. The van der Waals surface area contributed by atoms with Crippen molar-refractivity contribution in [3.8, 4) is 6.07 Å². The van der Waals surface area contributed by atoms with E-state index < -0.39 is 0 Å². The van der Waals surface area contributed by atoms with Gasteiger partial charge in [0, 0.05) is 24.9 Å². The maximum Gasteiger partial charge on any atom is 0.155 e. The summed E-state index contributed by atoms with van der Waals surface area (Å²) in [7, 11) is 0.